The molecule has 4 rings (SSSR count). The van der Waals surface area contributed by atoms with Crippen LogP contribution in [0.5, 0.6) is 0 Å². The van der Waals surface area contributed by atoms with E-state index in [1.54, 1.807) is 34.8 Å². The highest BCUT2D eigenvalue weighted by atomic mass is 19.4. The van der Waals surface area contributed by atoms with E-state index in [0.717, 1.165) is 11.6 Å². The minimum absolute atomic E-state index is 0.234. The Labute approximate surface area is 150 Å². The highest BCUT2D eigenvalue weighted by Crippen LogP contribution is 2.35. The Morgan fingerprint density at radius 1 is 1.04 bits per heavy atom. The summed E-state index contributed by atoms with van der Waals surface area (Å²) in [5.74, 6) is -0.572. The predicted octanol–water partition coefficient (Wildman–Crippen LogP) is 3.86. The number of nitriles is 1. The molecule has 0 saturated carbocycles. The first-order valence-electron chi connectivity index (χ1n) is 7.77. The fourth-order valence-corrected chi connectivity index (χ4v) is 2.79. The number of nitrogens with two attached hydrogens (primary N) is 1. The number of hydrogen-bond donors (Lipinski definition) is 2. The van der Waals surface area contributed by atoms with Crippen molar-refractivity contribution in [1.29, 1.82) is 5.26 Å². The normalized spacial score (nSPS) is 11.6. The Kier molecular flexibility index (Phi) is 3.63. The van der Waals surface area contributed by atoms with Crippen molar-refractivity contribution in [2.45, 2.75) is 6.18 Å². The van der Waals surface area contributed by atoms with E-state index in [-0.39, 0.29) is 5.56 Å². The third-order valence-corrected chi connectivity index (χ3v) is 4.14. The number of nitrogens with one attached hydrogen (secondary N) is 1. The van der Waals surface area contributed by atoms with Gasteiger partial charge in [-0.3, -0.25) is 5.10 Å². The van der Waals surface area contributed by atoms with Crippen LogP contribution in [0.1, 0.15) is 11.1 Å². The van der Waals surface area contributed by atoms with Gasteiger partial charge in [0, 0.05) is 17.8 Å². The second-order valence-electron chi connectivity index (χ2n) is 5.85. The summed E-state index contributed by atoms with van der Waals surface area (Å²) in [6.07, 6.45) is -1.86. The number of halogens is 3. The molecule has 134 valence electrons. The van der Waals surface area contributed by atoms with Gasteiger partial charge in [0.2, 0.25) is 0 Å². The van der Waals surface area contributed by atoms with Crippen LogP contribution in [0.2, 0.25) is 0 Å². The quantitative estimate of drug-likeness (QED) is 0.561. The molecule has 3 heterocycles. The van der Waals surface area contributed by atoms with Crippen molar-refractivity contribution in [3.05, 3.63) is 59.9 Å². The summed E-state index contributed by atoms with van der Waals surface area (Å²) >= 11 is 0. The van der Waals surface area contributed by atoms with E-state index >= 15 is 0 Å². The van der Waals surface area contributed by atoms with Gasteiger partial charge in [-0.2, -0.15) is 18.4 Å². The minimum Gasteiger partial charge on any atom is -0.383 e. The van der Waals surface area contributed by atoms with E-state index < -0.39 is 17.6 Å². The van der Waals surface area contributed by atoms with Gasteiger partial charge < -0.3 is 5.73 Å². The number of nitrogens with zero attached hydrogens (tertiary/aromatic N) is 4. The lowest BCUT2D eigenvalue weighted by atomic mass is 10.1. The fraction of sp³-hybridized carbons (Fsp3) is 0.0556. The first-order chi connectivity index (χ1) is 12.9. The topological polar surface area (TPSA) is 95.8 Å². The molecule has 0 atom stereocenters. The third kappa shape index (κ3) is 2.87. The lowest BCUT2D eigenvalue weighted by Gasteiger charge is -2.10. The maximum Gasteiger partial charge on any atom is 0.419 e. The summed E-state index contributed by atoms with van der Waals surface area (Å²) < 4.78 is 40.9. The van der Waals surface area contributed by atoms with Crippen LogP contribution in [0.4, 0.5) is 19.0 Å². The van der Waals surface area contributed by atoms with Crippen molar-refractivity contribution < 1.29 is 13.2 Å². The molecule has 4 aromatic rings. The maximum absolute atomic E-state index is 13.1. The van der Waals surface area contributed by atoms with Crippen LogP contribution in [0.15, 0.2) is 48.8 Å². The molecule has 3 N–H and O–H groups in total. The summed E-state index contributed by atoms with van der Waals surface area (Å²) in [5.41, 5.74) is 7.62. The second kappa shape index (κ2) is 5.88. The number of alkyl halides is 3. The van der Waals surface area contributed by atoms with Crippen molar-refractivity contribution in [1.82, 2.24) is 19.6 Å². The number of imidazole rings is 1. The first-order valence-corrected chi connectivity index (χ1v) is 7.77. The summed E-state index contributed by atoms with van der Waals surface area (Å²) in [4.78, 5) is 7.89. The molecule has 0 saturated heterocycles. The average molecular weight is 368 g/mol. The van der Waals surface area contributed by atoms with E-state index in [9.17, 15) is 13.2 Å². The molecule has 0 bridgehead atoms. The van der Waals surface area contributed by atoms with Gasteiger partial charge in [0.15, 0.2) is 5.65 Å². The van der Waals surface area contributed by atoms with E-state index in [0.29, 0.717) is 22.6 Å². The van der Waals surface area contributed by atoms with Gasteiger partial charge in [-0.1, -0.05) is 12.1 Å². The molecule has 1 aromatic carbocycles. The van der Waals surface area contributed by atoms with Gasteiger partial charge in [0.05, 0.1) is 34.8 Å². The van der Waals surface area contributed by atoms with Gasteiger partial charge in [-0.05, 0) is 23.8 Å². The minimum atomic E-state index is -4.60. The molecule has 27 heavy (non-hydrogen) atoms. The number of anilines is 1. The molecule has 6 nitrogen and oxygen atoms in total. The molecule has 9 heteroatoms. The van der Waals surface area contributed by atoms with Crippen LogP contribution in [0, 0.1) is 11.3 Å². The lowest BCUT2D eigenvalue weighted by Crippen LogP contribution is -2.10. The van der Waals surface area contributed by atoms with Crippen LogP contribution in [-0.4, -0.2) is 19.6 Å². The van der Waals surface area contributed by atoms with Crippen LogP contribution >= 0.6 is 0 Å². The van der Waals surface area contributed by atoms with Gasteiger partial charge in [-0.15, -0.1) is 0 Å². The Bertz CT molecular complexity index is 1180. The Balaban J connectivity index is 1.80. The second-order valence-corrected chi connectivity index (χ2v) is 5.85. The lowest BCUT2D eigenvalue weighted by molar-refractivity contribution is -0.137. The van der Waals surface area contributed by atoms with Crippen LogP contribution in [-0.2, 0) is 6.18 Å². The Morgan fingerprint density at radius 2 is 1.78 bits per heavy atom. The Hall–Kier alpha value is -3.80. The van der Waals surface area contributed by atoms with Crippen LogP contribution in [0.25, 0.3) is 28.2 Å². The van der Waals surface area contributed by atoms with Gasteiger partial charge >= 0.3 is 6.18 Å². The Morgan fingerprint density at radius 3 is 2.44 bits per heavy atom. The van der Waals surface area contributed by atoms with Crippen molar-refractivity contribution in [3.63, 3.8) is 0 Å². The van der Waals surface area contributed by atoms with E-state index in [2.05, 4.69) is 15.1 Å². The summed E-state index contributed by atoms with van der Waals surface area (Å²) in [6.45, 7) is 0. The highest BCUT2D eigenvalue weighted by Gasteiger charge is 2.34. The maximum atomic E-state index is 13.1. The molecule has 0 aliphatic heterocycles. The number of H-pyrrole nitrogens is 1. The van der Waals surface area contributed by atoms with E-state index in [4.69, 9.17) is 11.0 Å². The highest BCUT2D eigenvalue weighted by molar-refractivity contribution is 5.70. The smallest absolute Gasteiger partial charge is 0.383 e. The molecule has 0 unspecified atom stereocenters. The molecule has 0 radical (unpaired) electrons. The monoisotopic (exact) mass is 368 g/mol. The summed E-state index contributed by atoms with van der Waals surface area (Å²) in [7, 11) is 0. The molecule has 0 spiro atoms. The molecule has 0 aliphatic rings. The largest absolute Gasteiger partial charge is 0.419 e. The molecule has 0 aliphatic carbocycles. The van der Waals surface area contributed by atoms with E-state index in [1.165, 1.54) is 12.4 Å². The zero-order valence-electron chi connectivity index (χ0n) is 13.6. The van der Waals surface area contributed by atoms with Crippen molar-refractivity contribution >= 4 is 11.5 Å². The molecular formula is C18H11F3N6. The van der Waals surface area contributed by atoms with Crippen LogP contribution in [0.3, 0.4) is 0 Å². The number of hydrogen-bond acceptors (Lipinski definition) is 4. The number of pyridine rings is 1. The SMILES string of the molecule is N#Cc1ccc(-c2cc3ncc(-c4cnc(N)c(C(F)(F)F)c4)n3[nH]2)cc1. The zero-order chi connectivity index (χ0) is 19.2. The van der Waals surface area contributed by atoms with Crippen molar-refractivity contribution in [2.24, 2.45) is 0 Å². The number of benzene rings is 1. The number of aromatic amines is 1. The zero-order valence-corrected chi connectivity index (χ0v) is 13.6. The third-order valence-electron chi connectivity index (χ3n) is 4.14. The average Bonchev–Trinajstić information content (AvgIpc) is 3.22. The standard InChI is InChI=1S/C18H11F3N6/c19-18(20,21)13-5-12(8-25-17(13)23)15-9-24-16-6-14(26-27(15)16)11-3-1-10(7-22)2-4-11/h1-6,8-9,26H,(H2,23,25). The molecule has 0 fully saturated rings. The van der Waals surface area contributed by atoms with Gasteiger partial charge in [0.25, 0.3) is 0 Å². The summed E-state index contributed by atoms with van der Waals surface area (Å²) in [6, 6.07) is 11.7. The molecule has 0 amide bonds. The molecular weight excluding hydrogens is 357 g/mol. The van der Waals surface area contributed by atoms with Crippen LogP contribution < -0.4 is 5.73 Å². The first kappa shape index (κ1) is 16.7. The van der Waals surface area contributed by atoms with Gasteiger partial charge in [-0.25, -0.2) is 14.5 Å². The van der Waals surface area contributed by atoms with E-state index in [1.807, 2.05) is 6.07 Å². The molecule has 3 aromatic heterocycles. The predicted molar refractivity (Wildman–Crippen MR) is 92.3 cm³/mol. The number of rotatable bonds is 2. The number of fused-ring (bicyclic) bond motifs is 1. The van der Waals surface area contributed by atoms with Crippen molar-refractivity contribution in [3.8, 4) is 28.6 Å². The summed E-state index contributed by atoms with van der Waals surface area (Å²) in [5, 5.41) is 12.0. The van der Waals surface area contributed by atoms with Gasteiger partial charge in [0.1, 0.15) is 5.82 Å². The number of nitrogen functional groups attached to an aromatic ring is 1. The fourth-order valence-electron chi connectivity index (χ4n) is 2.79. The van der Waals surface area contributed by atoms with Crippen molar-refractivity contribution in [2.75, 3.05) is 5.73 Å². The number of aromatic nitrogens is 4.